The van der Waals surface area contributed by atoms with Crippen LogP contribution in [0.5, 0.6) is 0 Å². The molecule has 0 saturated carbocycles. The summed E-state index contributed by atoms with van der Waals surface area (Å²) in [6.45, 7) is 8.17. The first-order valence-corrected chi connectivity index (χ1v) is 10.4. The molecule has 0 spiro atoms. The Labute approximate surface area is 160 Å². The molecule has 1 atom stereocenters. The maximum Gasteiger partial charge on any atom is 0.243 e. The van der Waals surface area contributed by atoms with Crippen LogP contribution in [0.15, 0.2) is 45.9 Å². The summed E-state index contributed by atoms with van der Waals surface area (Å²) in [5, 5.41) is 5.86. The molecule has 1 heterocycles. The number of benzene rings is 1. The van der Waals surface area contributed by atoms with Crippen molar-refractivity contribution in [2.45, 2.75) is 38.6 Å². The molecular weight excluding hydrogens is 366 g/mol. The smallest absolute Gasteiger partial charge is 0.243 e. The van der Waals surface area contributed by atoms with E-state index in [9.17, 15) is 13.2 Å². The molecule has 8 heteroatoms. The Morgan fingerprint density at radius 3 is 2.52 bits per heavy atom. The standard InChI is InChI=1S/C19H27N3O4S/c1-5-22(6-2)27(24,25)16-10-9-14(3)17(12-16)21-19(23)13-20-15(4)18-8-7-11-26-18/h7-12,15,20H,5-6,13H2,1-4H3,(H,21,23)/t15-/m1/s1. The molecule has 0 aliphatic rings. The molecule has 0 aliphatic heterocycles. The number of nitrogens with one attached hydrogen (secondary N) is 2. The van der Waals surface area contributed by atoms with Gasteiger partial charge in [0, 0.05) is 18.8 Å². The van der Waals surface area contributed by atoms with Crippen LogP contribution in [-0.4, -0.2) is 38.3 Å². The van der Waals surface area contributed by atoms with Crippen LogP contribution in [0.25, 0.3) is 0 Å². The van der Waals surface area contributed by atoms with Crippen molar-refractivity contribution in [2.75, 3.05) is 25.0 Å². The van der Waals surface area contributed by atoms with Crippen LogP contribution in [0.2, 0.25) is 0 Å². The summed E-state index contributed by atoms with van der Waals surface area (Å²) in [5.41, 5.74) is 1.28. The van der Waals surface area contributed by atoms with Gasteiger partial charge in [0.05, 0.1) is 23.7 Å². The zero-order valence-electron chi connectivity index (χ0n) is 16.2. The molecule has 0 aliphatic carbocycles. The molecule has 2 aromatic rings. The van der Waals surface area contributed by atoms with Crippen LogP contribution in [-0.2, 0) is 14.8 Å². The van der Waals surface area contributed by atoms with Crippen LogP contribution in [0.1, 0.15) is 38.1 Å². The van der Waals surface area contributed by atoms with Gasteiger partial charge in [0.2, 0.25) is 15.9 Å². The quantitative estimate of drug-likeness (QED) is 0.683. The molecule has 1 aromatic heterocycles. The molecule has 7 nitrogen and oxygen atoms in total. The van der Waals surface area contributed by atoms with E-state index in [0.717, 1.165) is 11.3 Å². The lowest BCUT2D eigenvalue weighted by Gasteiger charge is -2.19. The molecule has 27 heavy (non-hydrogen) atoms. The average Bonchev–Trinajstić information content (AvgIpc) is 3.17. The fourth-order valence-corrected chi connectivity index (χ4v) is 4.17. The molecule has 0 radical (unpaired) electrons. The molecule has 1 aromatic carbocycles. The number of sulfonamides is 1. The normalized spacial score (nSPS) is 12.9. The van der Waals surface area contributed by atoms with Crippen LogP contribution in [0.4, 0.5) is 5.69 Å². The van der Waals surface area contributed by atoms with Crippen molar-refractivity contribution in [2.24, 2.45) is 0 Å². The highest BCUT2D eigenvalue weighted by Crippen LogP contribution is 2.23. The topological polar surface area (TPSA) is 91.7 Å². The largest absolute Gasteiger partial charge is 0.468 e. The summed E-state index contributed by atoms with van der Waals surface area (Å²) in [6, 6.07) is 8.29. The van der Waals surface area contributed by atoms with Gasteiger partial charge in [0.25, 0.3) is 0 Å². The van der Waals surface area contributed by atoms with Crippen LogP contribution < -0.4 is 10.6 Å². The maximum absolute atomic E-state index is 12.7. The molecule has 2 rings (SSSR count). The highest BCUT2D eigenvalue weighted by molar-refractivity contribution is 7.89. The lowest BCUT2D eigenvalue weighted by atomic mass is 10.2. The predicted molar refractivity (Wildman–Crippen MR) is 105 cm³/mol. The van der Waals surface area contributed by atoms with E-state index >= 15 is 0 Å². The van der Waals surface area contributed by atoms with Crippen LogP contribution >= 0.6 is 0 Å². The minimum absolute atomic E-state index is 0.0777. The second-order valence-electron chi connectivity index (χ2n) is 6.23. The van der Waals surface area contributed by atoms with E-state index in [1.165, 1.54) is 10.4 Å². The average molecular weight is 394 g/mol. The van der Waals surface area contributed by atoms with Crippen molar-refractivity contribution in [3.8, 4) is 0 Å². The molecule has 148 valence electrons. The van der Waals surface area contributed by atoms with Crippen molar-refractivity contribution >= 4 is 21.6 Å². The number of nitrogens with zero attached hydrogens (tertiary/aromatic N) is 1. The first-order chi connectivity index (χ1) is 12.8. The lowest BCUT2D eigenvalue weighted by Crippen LogP contribution is -2.31. The van der Waals surface area contributed by atoms with Crippen molar-refractivity contribution in [1.82, 2.24) is 9.62 Å². The molecule has 0 unspecified atom stereocenters. The second kappa shape index (κ2) is 9.16. The predicted octanol–water partition coefficient (Wildman–Crippen LogP) is 2.91. The number of hydrogen-bond acceptors (Lipinski definition) is 5. The van der Waals surface area contributed by atoms with Gasteiger partial charge < -0.3 is 9.73 Å². The number of aryl methyl sites for hydroxylation is 1. The highest BCUT2D eigenvalue weighted by Gasteiger charge is 2.22. The van der Waals surface area contributed by atoms with Gasteiger partial charge in [-0.3, -0.25) is 10.1 Å². The number of furan rings is 1. The molecule has 1 amide bonds. The first kappa shape index (κ1) is 21.1. The Kier molecular flexibility index (Phi) is 7.18. The maximum atomic E-state index is 12.7. The summed E-state index contributed by atoms with van der Waals surface area (Å²) >= 11 is 0. The van der Waals surface area contributed by atoms with Crippen molar-refractivity contribution in [1.29, 1.82) is 0 Å². The van der Waals surface area contributed by atoms with Gasteiger partial charge in [0.15, 0.2) is 0 Å². The third kappa shape index (κ3) is 5.18. The fraction of sp³-hybridized carbons (Fsp3) is 0.421. The van der Waals surface area contributed by atoms with E-state index in [1.54, 1.807) is 38.3 Å². The summed E-state index contributed by atoms with van der Waals surface area (Å²) in [5.74, 6) is 0.486. The SMILES string of the molecule is CCN(CC)S(=O)(=O)c1ccc(C)c(NC(=O)CN[C@H](C)c2ccco2)c1. The van der Waals surface area contributed by atoms with Crippen LogP contribution in [0, 0.1) is 6.92 Å². The molecule has 2 N–H and O–H groups in total. The number of amides is 1. The van der Waals surface area contributed by atoms with E-state index in [2.05, 4.69) is 10.6 Å². The zero-order valence-corrected chi connectivity index (χ0v) is 17.0. The fourth-order valence-electron chi connectivity index (χ4n) is 2.69. The van der Waals surface area contributed by atoms with Gasteiger partial charge in [-0.15, -0.1) is 0 Å². The van der Waals surface area contributed by atoms with E-state index in [0.29, 0.717) is 18.8 Å². The lowest BCUT2D eigenvalue weighted by molar-refractivity contribution is -0.115. The number of rotatable bonds is 9. The number of hydrogen-bond donors (Lipinski definition) is 2. The zero-order chi connectivity index (χ0) is 20.0. The summed E-state index contributed by atoms with van der Waals surface area (Å²) in [7, 11) is -3.58. The van der Waals surface area contributed by atoms with Crippen molar-refractivity contribution in [3.05, 3.63) is 47.9 Å². The van der Waals surface area contributed by atoms with E-state index in [-0.39, 0.29) is 23.4 Å². The van der Waals surface area contributed by atoms with Gasteiger partial charge in [-0.1, -0.05) is 19.9 Å². The second-order valence-corrected chi connectivity index (χ2v) is 8.17. The van der Waals surface area contributed by atoms with Crippen molar-refractivity contribution < 1.29 is 17.6 Å². The number of anilines is 1. The third-order valence-corrected chi connectivity index (χ3v) is 6.41. The Hall–Kier alpha value is -2.16. The summed E-state index contributed by atoms with van der Waals surface area (Å²) in [6.07, 6.45) is 1.58. The molecular formula is C19H27N3O4S. The summed E-state index contributed by atoms with van der Waals surface area (Å²) in [4.78, 5) is 12.5. The van der Waals surface area contributed by atoms with Gasteiger partial charge in [0.1, 0.15) is 5.76 Å². The molecule has 0 bridgehead atoms. The van der Waals surface area contributed by atoms with E-state index in [1.807, 2.05) is 19.9 Å². The minimum Gasteiger partial charge on any atom is -0.468 e. The number of carbonyl (C=O) groups excluding carboxylic acids is 1. The molecule has 0 saturated heterocycles. The Bertz CT molecular complexity index is 859. The third-order valence-electron chi connectivity index (χ3n) is 4.37. The molecule has 0 fully saturated rings. The monoisotopic (exact) mass is 393 g/mol. The van der Waals surface area contributed by atoms with Gasteiger partial charge in [-0.05, 0) is 43.7 Å². The Morgan fingerprint density at radius 1 is 1.22 bits per heavy atom. The number of carbonyl (C=O) groups is 1. The van der Waals surface area contributed by atoms with Gasteiger partial charge >= 0.3 is 0 Å². The highest BCUT2D eigenvalue weighted by atomic mass is 32.2. The Balaban J connectivity index is 2.08. The van der Waals surface area contributed by atoms with Gasteiger partial charge in [-0.2, -0.15) is 4.31 Å². The first-order valence-electron chi connectivity index (χ1n) is 8.97. The Morgan fingerprint density at radius 2 is 1.93 bits per heavy atom. The minimum atomic E-state index is -3.58. The van der Waals surface area contributed by atoms with E-state index < -0.39 is 10.0 Å². The van der Waals surface area contributed by atoms with Crippen molar-refractivity contribution in [3.63, 3.8) is 0 Å². The van der Waals surface area contributed by atoms with Crippen LogP contribution in [0.3, 0.4) is 0 Å². The summed E-state index contributed by atoms with van der Waals surface area (Å²) < 4.78 is 32.0. The van der Waals surface area contributed by atoms with E-state index in [4.69, 9.17) is 4.42 Å². The van der Waals surface area contributed by atoms with Gasteiger partial charge in [-0.25, -0.2) is 8.42 Å².